The molecule has 0 aliphatic carbocycles. The Morgan fingerprint density at radius 2 is 2.09 bits per heavy atom. The second-order valence-electron chi connectivity index (χ2n) is 4.14. The second kappa shape index (κ2) is 3.57. The average molecular weight is 155 g/mol. The lowest BCUT2D eigenvalue weighted by Gasteiger charge is -2.25. The third-order valence-electron chi connectivity index (χ3n) is 3.30. The first-order valence-corrected chi connectivity index (χ1v) is 4.90. The Bertz CT molecular complexity index is 112. The summed E-state index contributed by atoms with van der Waals surface area (Å²) in [5.41, 5.74) is 0. The van der Waals surface area contributed by atoms with E-state index in [0.29, 0.717) is 0 Å². The van der Waals surface area contributed by atoms with Crippen LogP contribution in [0.3, 0.4) is 0 Å². The van der Waals surface area contributed by atoms with E-state index in [1.54, 1.807) is 0 Å². The monoisotopic (exact) mass is 155 g/mol. The fraction of sp³-hybridized carbons (Fsp3) is 1.00. The molecule has 0 spiro atoms. The predicted molar refractivity (Wildman–Crippen MR) is 49.6 cm³/mol. The van der Waals surface area contributed by atoms with Crippen molar-refractivity contribution >= 4 is 0 Å². The van der Waals surface area contributed by atoms with Gasteiger partial charge in [-0.1, -0.05) is 27.2 Å². The molecule has 1 heterocycles. The summed E-state index contributed by atoms with van der Waals surface area (Å²) in [6.45, 7) is 10.6. The molecule has 4 unspecified atom stereocenters. The van der Waals surface area contributed by atoms with Crippen LogP contribution in [0.25, 0.3) is 0 Å². The standard InChI is InChI=1S/C10H21N/c1-5-7(2)10-8(3)6-11-9(10)4/h7-11H,5-6H2,1-4H3. The molecule has 0 aromatic carbocycles. The summed E-state index contributed by atoms with van der Waals surface area (Å²) >= 11 is 0. The van der Waals surface area contributed by atoms with Gasteiger partial charge in [0.25, 0.3) is 0 Å². The van der Waals surface area contributed by atoms with Gasteiger partial charge < -0.3 is 5.32 Å². The molecule has 0 bridgehead atoms. The molecule has 1 heteroatoms. The maximum absolute atomic E-state index is 3.53. The van der Waals surface area contributed by atoms with E-state index in [9.17, 15) is 0 Å². The highest BCUT2D eigenvalue weighted by Crippen LogP contribution is 2.30. The molecule has 0 saturated carbocycles. The molecule has 1 nitrogen and oxygen atoms in total. The van der Waals surface area contributed by atoms with E-state index in [0.717, 1.165) is 23.8 Å². The van der Waals surface area contributed by atoms with Crippen LogP contribution in [-0.4, -0.2) is 12.6 Å². The van der Waals surface area contributed by atoms with Crippen LogP contribution in [-0.2, 0) is 0 Å². The van der Waals surface area contributed by atoms with Gasteiger partial charge in [0.05, 0.1) is 0 Å². The summed E-state index contributed by atoms with van der Waals surface area (Å²) in [5, 5.41) is 3.53. The van der Waals surface area contributed by atoms with Crippen LogP contribution in [0.1, 0.15) is 34.1 Å². The van der Waals surface area contributed by atoms with Crippen molar-refractivity contribution in [2.75, 3.05) is 6.54 Å². The zero-order valence-electron chi connectivity index (χ0n) is 8.22. The molecule has 1 fully saturated rings. The Morgan fingerprint density at radius 3 is 2.45 bits per heavy atom. The molecule has 1 aliphatic rings. The first-order chi connectivity index (χ1) is 5.16. The van der Waals surface area contributed by atoms with Gasteiger partial charge in [0.15, 0.2) is 0 Å². The van der Waals surface area contributed by atoms with Gasteiger partial charge in [0.2, 0.25) is 0 Å². The molecular weight excluding hydrogens is 134 g/mol. The lowest BCUT2D eigenvalue weighted by atomic mass is 9.81. The van der Waals surface area contributed by atoms with Crippen molar-refractivity contribution in [2.24, 2.45) is 17.8 Å². The topological polar surface area (TPSA) is 12.0 Å². The van der Waals surface area contributed by atoms with Crippen LogP contribution in [0.4, 0.5) is 0 Å². The molecule has 1 N–H and O–H groups in total. The van der Waals surface area contributed by atoms with Crippen LogP contribution >= 0.6 is 0 Å². The molecule has 4 atom stereocenters. The van der Waals surface area contributed by atoms with Crippen molar-refractivity contribution in [1.82, 2.24) is 5.32 Å². The van der Waals surface area contributed by atoms with Gasteiger partial charge in [-0.15, -0.1) is 0 Å². The van der Waals surface area contributed by atoms with E-state index >= 15 is 0 Å². The molecule has 0 aromatic heterocycles. The molecule has 1 rings (SSSR count). The average Bonchev–Trinajstić information content (AvgIpc) is 2.30. The summed E-state index contributed by atoms with van der Waals surface area (Å²) in [5.74, 6) is 2.66. The van der Waals surface area contributed by atoms with Gasteiger partial charge in [0, 0.05) is 6.04 Å². The van der Waals surface area contributed by atoms with Crippen LogP contribution in [0.15, 0.2) is 0 Å². The first kappa shape index (κ1) is 9.05. The van der Waals surface area contributed by atoms with Gasteiger partial charge in [0.1, 0.15) is 0 Å². The van der Waals surface area contributed by atoms with Gasteiger partial charge in [-0.3, -0.25) is 0 Å². The quantitative estimate of drug-likeness (QED) is 0.645. The van der Waals surface area contributed by atoms with E-state index in [1.165, 1.54) is 13.0 Å². The van der Waals surface area contributed by atoms with Gasteiger partial charge in [-0.05, 0) is 31.2 Å². The Hall–Kier alpha value is -0.0400. The lowest BCUT2D eigenvalue weighted by Crippen LogP contribution is -2.27. The summed E-state index contributed by atoms with van der Waals surface area (Å²) in [6.07, 6.45) is 1.32. The number of hydrogen-bond donors (Lipinski definition) is 1. The third-order valence-corrected chi connectivity index (χ3v) is 3.30. The highest BCUT2D eigenvalue weighted by molar-refractivity contribution is 4.87. The molecule has 11 heavy (non-hydrogen) atoms. The number of nitrogens with one attached hydrogen (secondary N) is 1. The van der Waals surface area contributed by atoms with Crippen LogP contribution in [0.5, 0.6) is 0 Å². The maximum atomic E-state index is 3.53. The van der Waals surface area contributed by atoms with Gasteiger partial charge in [-0.2, -0.15) is 0 Å². The Labute approximate surface area is 70.6 Å². The van der Waals surface area contributed by atoms with E-state index in [1.807, 2.05) is 0 Å². The van der Waals surface area contributed by atoms with Crippen molar-refractivity contribution in [1.29, 1.82) is 0 Å². The lowest BCUT2D eigenvalue weighted by molar-refractivity contribution is 0.271. The second-order valence-corrected chi connectivity index (χ2v) is 4.14. The summed E-state index contributed by atoms with van der Waals surface area (Å²) in [7, 11) is 0. The van der Waals surface area contributed by atoms with Crippen LogP contribution < -0.4 is 5.32 Å². The highest BCUT2D eigenvalue weighted by atomic mass is 15.0. The van der Waals surface area contributed by atoms with Crippen LogP contribution in [0, 0.1) is 17.8 Å². The summed E-state index contributed by atoms with van der Waals surface area (Å²) in [4.78, 5) is 0. The molecule has 0 amide bonds. The highest BCUT2D eigenvalue weighted by Gasteiger charge is 2.32. The van der Waals surface area contributed by atoms with E-state index < -0.39 is 0 Å². The summed E-state index contributed by atoms with van der Waals surface area (Å²) < 4.78 is 0. The largest absolute Gasteiger partial charge is 0.314 e. The van der Waals surface area contributed by atoms with Crippen molar-refractivity contribution in [2.45, 2.75) is 40.2 Å². The minimum Gasteiger partial charge on any atom is -0.314 e. The zero-order chi connectivity index (χ0) is 8.43. The molecule has 1 aliphatic heterocycles. The number of hydrogen-bond acceptors (Lipinski definition) is 1. The van der Waals surface area contributed by atoms with Gasteiger partial charge >= 0.3 is 0 Å². The maximum Gasteiger partial charge on any atom is 0.00726 e. The third kappa shape index (κ3) is 1.76. The fourth-order valence-corrected chi connectivity index (χ4v) is 2.46. The number of rotatable bonds is 2. The van der Waals surface area contributed by atoms with E-state index in [2.05, 4.69) is 33.0 Å². The smallest absolute Gasteiger partial charge is 0.00726 e. The molecular formula is C10H21N. The van der Waals surface area contributed by atoms with E-state index in [4.69, 9.17) is 0 Å². The Morgan fingerprint density at radius 1 is 1.45 bits per heavy atom. The van der Waals surface area contributed by atoms with Crippen LogP contribution in [0.2, 0.25) is 0 Å². The van der Waals surface area contributed by atoms with Crippen molar-refractivity contribution in [3.8, 4) is 0 Å². The molecule has 1 saturated heterocycles. The minimum atomic E-state index is 0.736. The Balaban J connectivity index is 2.53. The van der Waals surface area contributed by atoms with Gasteiger partial charge in [-0.25, -0.2) is 0 Å². The van der Waals surface area contributed by atoms with Crippen molar-refractivity contribution < 1.29 is 0 Å². The fourth-order valence-electron chi connectivity index (χ4n) is 2.46. The van der Waals surface area contributed by atoms with E-state index in [-0.39, 0.29) is 0 Å². The predicted octanol–water partition coefficient (Wildman–Crippen LogP) is 2.28. The molecule has 66 valence electrons. The SMILES string of the molecule is CCC(C)C1C(C)CNC1C. The van der Waals surface area contributed by atoms with Crippen molar-refractivity contribution in [3.05, 3.63) is 0 Å². The first-order valence-electron chi connectivity index (χ1n) is 4.90. The molecule has 0 aromatic rings. The minimum absolute atomic E-state index is 0.736. The normalized spacial score (nSPS) is 40.9. The summed E-state index contributed by atoms with van der Waals surface area (Å²) in [6, 6.07) is 0.736. The molecule has 0 radical (unpaired) electrons. The Kier molecular flexibility index (Phi) is 2.94. The zero-order valence-corrected chi connectivity index (χ0v) is 8.22. The van der Waals surface area contributed by atoms with Crippen molar-refractivity contribution in [3.63, 3.8) is 0 Å².